The number of hydrogen-bond donors (Lipinski definition) is 1. The molecule has 1 heterocycles. The van der Waals surface area contributed by atoms with Crippen molar-refractivity contribution in [1.82, 2.24) is 15.1 Å². The van der Waals surface area contributed by atoms with Crippen molar-refractivity contribution < 1.29 is 4.74 Å². The summed E-state index contributed by atoms with van der Waals surface area (Å²) in [6, 6.07) is 1.26. The van der Waals surface area contributed by atoms with Crippen LogP contribution in [0.3, 0.4) is 0 Å². The number of methoxy groups -OCH3 is 1. The molecule has 17 heavy (non-hydrogen) atoms. The summed E-state index contributed by atoms with van der Waals surface area (Å²) < 4.78 is 5.32. The largest absolute Gasteiger partial charge is 0.383 e. The molecule has 1 N–H and O–H groups in total. The van der Waals surface area contributed by atoms with Gasteiger partial charge in [0.25, 0.3) is 0 Å². The second-order valence-corrected chi connectivity index (χ2v) is 4.83. The monoisotopic (exact) mass is 243 g/mol. The Labute approximate surface area is 106 Å². The second-order valence-electron chi connectivity index (χ2n) is 4.83. The lowest BCUT2D eigenvalue weighted by molar-refractivity contribution is 0.0984. The van der Waals surface area contributed by atoms with Crippen LogP contribution >= 0.6 is 0 Å². The van der Waals surface area contributed by atoms with Crippen LogP contribution in [0, 0.1) is 0 Å². The first kappa shape index (κ1) is 14.9. The maximum Gasteiger partial charge on any atom is 0.0630 e. The van der Waals surface area contributed by atoms with Crippen molar-refractivity contribution in [2.45, 2.75) is 32.4 Å². The average molecular weight is 243 g/mol. The molecular formula is C13H29N3O. The van der Waals surface area contributed by atoms with Gasteiger partial charge in [-0.3, -0.25) is 9.80 Å². The predicted molar refractivity (Wildman–Crippen MR) is 72.5 cm³/mol. The fourth-order valence-electron chi connectivity index (χ4n) is 2.86. The predicted octanol–water partition coefficient (Wildman–Crippen LogP) is 0.637. The van der Waals surface area contributed by atoms with Crippen LogP contribution in [0.2, 0.25) is 0 Å². The highest BCUT2D eigenvalue weighted by Crippen LogP contribution is 2.17. The maximum atomic E-state index is 5.32. The van der Waals surface area contributed by atoms with Crippen LogP contribution in [0.4, 0.5) is 0 Å². The molecule has 2 unspecified atom stereocenters. The van der Waals surface area contributed by atoms with E-state index in [0.29, 0.717) is 6.04 Å². The molecule has 2 atom stereocenters. The minimum Gasteiger partial charge on any atom is -0.383 e. The lowest BCUT2D eigenvalue weighted by Crippen LogP contribution is -2.45. The summed E-state index contributed by atoms with van der Waals surface area (Å²) in [5.74, 6) is 0. The highest BCUT2D eigenvalue weighted by atomic mass is 16.5. The molecule has 0 saturated carbocycles. The fraction of sp³-hybridized carbons (Fsp3) is 1.00. The first-order chi connectivity index (χ1) is 8.26. The van der Waals surface area contributed by atoms with Crippen molar-refractivity contribution in [2.75, 3.05) is 53.5 Å². The Morgan fingerprint density at radius 1 is 1.41 bits per heavy atom. The Hall–Kier alpha value is -0.160. The van der Waals surface area contributed by atoms with E-state index in [2.05, 4.69) is 29.0 Å². The van der Waals surface area contributed by atoms with E-state index in [1.807, 2.05) is 7.05 Å². The Bertz CT molecular complexity index is 191. The number of likely N-dealkylation sites (N-methyl/N-ethyl adjacent to an activating group) is 2. The van der Waals surface area contributed by atoms with Gasteiger partial charge in [0, 0.05) is 38.8 Å². The zero-order chi connectivity index (χ0) is 12.7. The molecule has 0 aliphatic carbocycles. The molecule has 0 aromatic rings. The molecular weight excluding hydrogens is 214 g/mol. The Morgan fingerprint density at radius 3 is 2.65 bits per heavy atom. The van der Waals surface area contributed by atoms with Gasteiger partial charge in [0.1, 0.15) is 0 Å². The number of likely N-dealkylation sites (tertiary alicyclic amines) is 1. The molecule has 1 rings (SSSR count). The minimum absolute atomic E-state index is 0.519. The Morgan fingerprint density at radius 2 is 2.12 bits per heavy atom. The van der Waals surface area contributed by atoms with E-state index in [4.69, 9.17) is 4.74 Å². The van der Waals surface area contributed by atoms with Gasteiger partial charge in [-0.2, -0.15) is 0 Å². The van der Waals surface area contributed by atoms with Crippen molar-refractivity contribution in [3.8, 4) is 0 Å². The van der Waals surface area contributed by atoms with Crippen LogP contribution in [0.1, 0.15) is 20.3 Å². The van der Waals surface area contributed by atoms with Crippen LogP contribution in [-0.4, -0.2) is 75.4 Å². The van der Waals surface area contributed by atoms with Gasteiger partial charge in [-0.15, -0.1) is 0 Å². The molecule has 0 aromatic heterocycles. The number of rotatable bonds is 8. The molecule has 4 nitrogen and oxygen atoms in total. The molecule has 1 aliphatic rings. The highest BCUT2D eigenvalue weighted by Gasteiger charge is 2.30. The molecule has 0 radical (unpaired) electrons. The molecule has 1 fully saturated rings. The SMILES string of the molecule is CCN(CC)C1CCN(C(CNC)COC)C1. The van der Waals surface area contributed by atoms with Crippen molar-refractivity contribution >= 4 is 0 Å². The van der Waals surface area contributed by atoms with Crippen LogP contribution in [0.15, 0.2) is 0 Å². The minimum atomic E-state index is 0.519. The summed E-state index contributed by atoms with van der Waals surface area (Å²) in [4.78, 5) is 5.15. The van der Waals surface area contributed by atoms with Crippen molar-refractivity contribution in [3.63, 3.8) is 0 Å². The molecule has 0 bridgehead atoms. The van der Waals surface area contributed by atoms with Crippen molar-refractivity contribution in [2.24, 2.45) is 0 Å². The van der Waals surface area contributed by atoms with Gasteiger partial charge in [-0.25, -0.2) is 0 Å². The Balaban J connectivity index is 2.46. The van der Waals surface area contributed by atoms with Crippen LogP contribution in [0.25, 0.3) is 0 Å². The van der Waals surface area contributed by atoms with Gasteiger partial charge in [0.05, 0.1) is 6.61 Å². The maximum absolute atomic E-state index is 5.32. The lowest BCUT2D eigenvalue weighted by Gasteiger charge is -2.29. The molecule has 0 aromatic carbocycles. The number of hydrogen-bond acceptors (Lipinski definition) is 4. The van der Waals surface area contributed by atoms with Gasteiger partial charge in [0.15, 0.2) is 0 Å². The number of nitrogens with one attached hydrogen (secondary N) is 1. The van der Waals surface area contributed by atoms with E-state index < -0.39 is 0 Å². The number of nitrogens with zero attached hydrogens (tertiary/aromatic N) is 2. The molecule has 0 amide bonds. The van der Waals surface area contributed by atoms with Crippen LogP contribution < -0.4 is 5.32 Å². The first-order valence-electron chi connectivity index (χ1n) is 6.88. The fourth-order valence-corrected chi connectivity index (χ4v) is 2.86. The third kappa shape index (κ3) is 4.21. The zero-order valence-corrected chi connectivity index (χ0v) is 11.9. The smallest absolute Gasteiger partial charge is 0.0630 e. The Kier molecular flexibility index (Phi) is 7.04. The van der Waals surface area contributed by atoms with E-state index in [9.17, 15) is 0 Å². The van der Waals surface area contributed by atoms with E-state index >= 15 is 0 Å². The van der Waals surface area contributed by atoms with E-state index in [-0.39, 0.29) is 0 Å². The zero-order valence-electron chi connectivity index (χ0n) is 11.9. The van der Waals surface area contributed by atoms with E-state index in [1.165, 1.54) is 19.5 Å². The van der Waals surface area contributed by atoms with E-state index in [1.54, 1.807) is 7.11 Å². The average Bonchev–Trinajstić information content (AvgIpc) is 2.80. The van der Waals surface area contributed by atoms with Crippen LogP contribution in [0.5, 0.6) is 0 Å². The van der Waals surface area contributed by atoms with Gasteiger partial charge >= 0.3 is 0 Å². The van der Waals surface area contributed by atoms with Gasteiger partial charge in [0.2, 0.25) is 0 Å². The molecule has 1 aliphatic heterocycles. The standard InChI is InChI=1S/C13H29N3O/c1-5-15(6-2)12-7-8-16(10-12)13(9-14-3)11-17-4/h12-14H,5-11H2,1-4H3. The molecule has 4 heteroatoms. The molecule has 1 saturated heterocycles. The van der Waals surface area contributed by atoms with Gasteiger partial charge < -0.3 is 10.1 Å². The summed E-state index contributed by atoms with van der Waals surface area (Å²) >= 11 is 0. The lowest BCUT2D eigenvalue weighted by atomic mass is 10.2. The normalized spacial score (nSPS) is 23.5. The highest BCUT2D eigenvalue weighted by molar-refractivity contribution is 4.87. The number of ether oxygens (including phenoxy) is 1. The summed E-state index contributed by atoms with van der Waals surface area (Å²) in [5.41, 5.74) is 0. The van der Waals surface area contributed by atoms with E-state index in [0.717, 1.165) is 32.3 Å². The first-order valence-corrected chi connectivity index (χ1v) is 6.88. The summed E-state index contributed by atoms with van der Waals surface area (Å²) in [6.07, 6.45) is 1.30. The summed E-state index contributed by atoms with van der Waals surface area (Å²) in [6.45, 7) is 11.1. The summed E-state index contributed by atoms with van der Waals surface area (Å²) in [5, 5.41) is 3.27. The second kappa shape index (κ2) is 8.03. The van der Waals surface area contributed by atoms with Crippen molar-refractivity contribution in [1.29, 1.82) is 0 Å². The third-order valence-electron chi connectivity index (χ3n) is 3.84. The van der Waals surface area contributed by atoms with Gasteiger partial charge in [-0.05, 0) is 26.6 Å². The molecule has 102 valence electrons. The summed E-state index contributed by atoms with van der Waals surface area (Å²) in [7, 11) is 3.81. The van der Waals surface area contributed by atoms with Gasteiger partial charge in [-0.1, -0.05) is 13.8 Å². The molecule has 0 spiro atoms. The quantitative estimate of drug-likeness (QED) is 0.677. The topological polar surface area (TPSA) is 27.7 Å². The van der Waals surface area contributed by atoms with Crippen molar-refractivity contribution in [3.05, 3.63) is 0 Å². The third-order valence-corrected chi connectivity index (χ3v) is 3.84. The van der Waals surface area contributed by atoms with Crippen LogP contribution in [-0.2, 0) is 4.74 Å².